The fraction of sp³-hybridized carbons (Fsp3) is 1.00. The number of hydrogen-bond acceptors (Lipinski definition) is 4. The zero-order chi connectivity index (χ0) is 16.9. The molecule has 2 heterocycles. The van der Waals surface area contributed by atoms with Gasteiger partial charge in [0, 0.05) is 24.7 Å². The molecule has 1 N–H and O–H groups in total. The Bertz CT molecular complexity index is 536. The van der Waals surface area contributed by atoms with Crippen LogP contribution in [0.3, 0.4) is 0 Å². The highest BCUT2D eigenvalue weighted by molar-refractivity contribution is 7.89. The summed E-state index contributed by atoms with van der Waals surface area (Å²) in [4.78, 5) is 0. The molecule has 1 unspecified atom stereocenters. The van der Waals surface area contributed by atoms with Gasteiger partial charge in [0.05, 0.1) is 17.0 Å². The molecule has 0 aromatic carbocycles. The van der Waals surface area contributed by atoms with Crippen LogP contribution >= 0.6 is 0 Å². The number of hydrogen-bond donors (Lipinski definition) is 1. The van der Waals surface area contributed by atoms with E-state index in [0.717, 1.165) is 45.1 Å². The van der Waals surface area contributed by atoms with Gasteiger partial charge >= 0.3 is 0 Å². The Morgan fingerprint density at radius 2 is 1.74 bits per heavy atom. The fourth-order valence-electron chi connectivity index (χ4n) is 4.71. The van der Waals surface area contributed by atoms with E-state index in [-0.39, 0.29) is 17.2 Å². The second kappa shape index (κ2) is 5.97. The van der Waals surface area contributed by atoms with Crippen LogP contribution in [0.4, 0.5) is 0 Å². The first kappa shape index (κ1) is 17.6. The van der Waals surface area contributed by atoms with Crippen molar-refractivity contribution in [3.8, 4) is 0 Å². The third kappa shape index (κ3) is 3.75. The summed E-state index contributed by atoms with van der Waals surface area (Å²) in [5, 5.41) is 3.80. The molecule has 6 heteroatoms. The molecule has 1 saturated carbocycles. The van der Waals surface area contributed by atoms with Gasteiger partial charge in [-0.2, -0.15) is 4.31 Å². The summed E-state index contributed by atoms with van der Waals surface area (Å²) in [5.41, 5.74) is -0.208. The van der Waals surface area contributed by atoms with Crippen molar-refractivity contribution in [2.24, 2.45) is 0 Å². The molecule has 0 bridgehead atoms. The maximum absolute atomic E-state index is 12.1. The van der Waals surface area contributed by atoms with E-state index in [2.05, 4.69) is 33.0 Å². The van der Waals surface area contributed by atoms with E-state index in [1.54, 1.807) is 4.31 Å². The van der Waals surface area contributed by atoms with Crippen LogP contribution < -0.4 is 5.32 Å². The largest absolute Gasteiger partial charge is 0.368 e. The zero-order valence-electron chi connectivity index (χ0n) is 15.0. The number of sulfonamides is 1. The molecule has 2 saturated heterocycles. The van der Waals surface area contributed by atoms with E-state index in [1.807, 2.05) is 0 Å². The number of rotatable bonds is 3. The molecule has 134 valence electrons. The summed E-state index contributed by atoms with van der Waals surface area (Å²) < 4.78 is 32.1. The maximum atomic E-state index is 12.1. The van der Waals surface area contributed by atoms with Gasteiger partial charge in [-0.05, 0) is 66.2 Å². The van der Waals surface area contributed by atoms with Crippen LogP contribution in [0.1, 0.15) is 66.2 Å². The Labute approximate surface area is 141 Å². The minimum Gasteiger partial charge on any atom is -0.368 e. The Hall–Kier alpha value is -0.170. The number of ether oxygens (including phenoxy) is 1. The standard InChI is InChI=1S/C17H32N2O3S/c1-16(2)12-15(17(3,4)22-16)18-13-6-8-14(9-7-13)19-10-5-11-23(19,20)21/h13-15,18H,5-12H2,1-4H3. The molecule has 2 aliphatic heterocycles. The van der Waals surface area contributed by atoms with Gasteiger partial charge in [-0.15, -0.1) is 0 Å². The zero-order valence-corrected chi connectivity index (χ0v) is 15.8. The van der Waals surface area contributed by atoms with Crippen molar-refractivity contribution in [2.45, 2.75) is 95.5 Å². The smallest absolute Gasteiger partial charge is 0.214 e. The van der Waals surface area contributed by atoms with Crippen molar-refractivity contribution >= 4 is 10.0 Å². The van der Waals surface area contributed by atoms with Crippen molar-refractivity contribution < 1.29 is 13.2 Å². The van der Waals surface area contributed by atoms with E-state index in [0.29, 0.717) is 17.8 Å². The lowest BCUT2D eigenvalue weighted by atomic mass is 9.88. The van der Waals surface area contributed by atoms with E-state index in [1.165, 1.54) is 0 Å². The Morgan fingerprint density at radius 3 is 2.22 bits per heavy atom. The predicted octanol–water partition coefficient (Wildman–Crippen LogP) is 2.27. The first-order chi connectivity index (χ1) is 10.6. The molecule has 3 fully saturated rings. The predicted molar refractivity (Wildman–Crippen MR) is 91.9 cm³/mol. The fourth-order valence-corrected chi connectivity index (χ4v) is 6.51. The van der Waals surface area contributed by atoms with Crippen LogP contribution in [0.25, 0.3) is 0 Å². The van der Waals surface area contributed by atoms with Crippen LogP contribution in [0, 0.1) is 0 Å². The molecule has 0 aromatic heterocycles. The SMILES string of the molecule is CC1(C)CC(NC2CCC(N3CCCS3(=O)=O)CC2)C(C)(C)O1. The van der Waals surface area contributed by atoms with Gasteiger partial charge in [-0.3, -0.25) is 0 Å². The first-order valence-corrected chi connectivity index (χ1v) is 10.7. The van der Waals surface area contributed by atoms with E-state index < -0.39 is 10.0 Å². The van der Waals surface area contributed by atoms with E-state index in [4.69, 9.17) is 4.74 Å². The highest BCUT2D eigenvalue weighted by Crippen LogP contribution is 2.38. The molecule has 1 atom stereocenters. The number of nitrogens with zero attached hydrogens (tertiary/aromatic N) is 1. The van der Waals surface area contributed by atoms with Crippen molar-refractivity contribution in [3.05, 3.63) is 0 Å². The quantitative estimate of drug-likeness (QED) is 0.853. The molecule has 1 aliphatic carbocycles. The lowest BCUT2D eigenvalue weighted by Crippen LogP contribution is -2.50. The minimum absolute atomic E-state index is 0.0675. The lowest BCUT2D eigenvalue weighted by Gasteiger charge is -2.37. The van der Waals surface area contributed by atoms with Crippen molar-refractivity contribution in [1.29, 1.82) is 0 Å². The number of nitrogens with one attached hydrogen (secondary N) is 1. The highest BCUT2D eigenvalue weighted by Gasteiger charge is 2.46. The summed E-state index contributed by atoms with van der Waals surface area (Å²) in [6.45, 7) is 9.38. The third-order valence-corrected chi connectivity index (χ3v) is 7.75. The van der Waals surface area contributed by atoms with Crippen LogP contribution in [0.2, 0.25) is 0 Å². The van der Waals surface area contributed by atoms with Gasteiger partial charge in [-0.25, -0.2) is 8.42 Å². The average molecular weight is 345 g/mol. The minimum atomic E-state index is -2.97. The van der Waals surface area contributed by atoms with Gasteiger partial charge in [0.25, 0.3) is 0 Å². The van der Waals surface area contributed by atoms with Gasteiger partial charge in [0.2, 0.25) is 10.0 Å². The molecule has 0 aromatic rings. The Kier molecular flexibility index (Phi) is 4.58. The van der Waals surface area contributed by atoms with Crippen molar-refractivity contribution in [1.82, 2.24) is 9.62 Å². The molecule has 0 amide bonds. The molecule has 0 radical (unpaired) electrons. The van der Waals surface area contributed by atoms with E-state index >= 15 is 0 Å². The van der Waals surface area contributed by atoms with Crippen LogP contribution in [0.15, 0.2) is 0 Å². The molecular formula is C17H32N2O3S. The third-order valence-electron chi connectivity index (χ3n) is 5.75. The average Bonchev–Trinajstić information content (AvgIpc) is 2.86. The maximum Gasteiger partial charge on any atom is 0.214 e. The molecule has 5 nitrogen and oxygen atoms in total. The first-order valence-electron chi connectivity index (χ1n) is 9.05. The Balaban J connectivity index is 1.54. The highest BCUT2D eigenvalue weighted by atomic mass is 32.2. The Morgan fingerprint density at radius 1 is 1.09 bits per heavy atom. The lowest BCUT2D eigenvalue weighted by molar-refractivity contribution is -0.0707. The molecule has 0 spiro atoms. The van der Waals surface area contributed by atoms with E-state index in [9.17, 15) is 8.42 Å². The normalized spacial score (nSPS) is 39.6. The van der Waals surface area contributed by atoms with Gasteiger partial charge < -0.3 is 10.1 Å². The summed E-state index contributed by atoms with van der Waals surface area (Å²) >= 11 is 0. The van der Waals surface area contributed by atoms with Crippen molar-refractivity contribution in [2.75, 3.05) is 12.3 Å². The molecule has 3 aliphatic rings. The van der Waals surface area contributed by atoms with Gasteiger partial charge in [0.15, 0.2) is 0 Å². The second-order valence-electron chi connectivity index (χ2n) is 8.67. The summed E-state index contributed by atoms with van der Waals surface area (Å²) in [7, 11) is -2.97. The van der Waals surface area contributed by atoms with Crippen LogP contribution in [0.5, 0.6) is 0 Å². The van der Waals surface area contributed by atoms with Crippen molar-refractivity contribution in [3.63, 3.8) is 0 Å². The van der Waals surface area contributed by atoms with Crippen LogP contribution in [-0.4, -0.2) is 54.3 Å². The topological polar surface area (TPSA) is 58.6 Å². The summed E-state index contributed by atoms with van der Waals surface area (Å²) in [6.07, 6.45) is 5.90. The molecule has 3 rings (SSSR count). The second-order valence-corrected chi connectivity index (χ2v) is 10.7. The summed E-state index contributed by atoms with van der Waals surface area (Å²) in [5.74, 6) is 0.341. The molecular weight excluding hydrogens is 312 g/mol. The van der Waals surface area contributed by atoms with Crippen LogP contribution in [-0.2, 0) is 14.8 Å². The monoisotopic (exact) mass is 344 g/mol. The van der Waals surface area contributed by atoms with Gasteiger partial charge in [0.1, 0.15) is 0 Å². The van der Waals surface area contributed by atoms with Gasteiger partial charge in [-0.1, -0.05) is 0 Å². The summed E-state index contributed by atoms with van der Waals surface area (Å²) in [6, 6.07) is 1.08. The molecule has 23 heavy (non-hydrogen) atoms.